The number of carbonyl (C=O) groups excluding carboxylic acids is 1. The zero-order valence-corrected chi connectivity index (χ0v) is 11.2. The second-order valence-electron chi connectivity index (χ2n) is 3.78. The molecule has 0 spiro atoms. The normalized spacial score (nSPS) is 10.1. The number of carbonyl (C=O) groups is 1. The smallest absolute Gasteiger partial charge is 0.319 e. The summed E-state index contributed by atoms with van der Waals surface area (Å²) in [5.41, 5.74) is 0.376. The van der Waals surface area contributed by atoms with Crippen LogP contribution >= 0.6 is 0 Å². The Morgan fingerprint density at radius 2 is 2.21 bits per heavy atom. The highest BCUT2D eigenvalue weighted by Crippen LogP contribution is 2.20. The second-order valence-corrected chi connectivity index (χ2v) is 3.78. The van der Waals surface area contributed by atoms with Crippen LogP contribution in [0, 0.1) is 5.82 Å². The minimum Gasteiger partial charge on any atom is -0.494 e. The number of ether oxygens (including phenoxy) is 2. The van der Waals surface area contributed by atoms with Gasteiger partial charge < -0.3 is 20.1 Å². The van der Waals surface area contributed by atoms with Crippen LogP contribution in [0.5, 0.6) is 5.75 Å². The van der Waals surface area contributed by atoms with Crippen molar-refractivity contribution in [1.29, 1.82) is 0 Å². The third kappa shape index (κ3) is 5.56. The van der Waals surface area contributed by atoms with Crippen molar-refractivity contribution in [3.8, 4) is 5.75 Å². The molecule has 1 rings (SSSR count). The van der Waals surface area contributed by atoms with Crippen LogP contribution in [-0.4, -0.2) is 32.9 Å². The lowest BCUT2D eigenvalue weighted by atomic mass is 10.3. The Morgan fingerprint density at radius 3 is 2.84 bits per heavy atom. The standard InChI is InChI=1S/C13H19FN2O3/c1-3-19-8-4-7-15-13(17)16-10-5-6-12(18-2)11(14)9-10/h5-6,9H,3-4,7-8H2,1-2H3,(H2,15,16,17). The minimum absolute atomic E-state index is 0.141. The first-order valence-electron chi connectivity index (χ1n) is 6.13. The SMILES string of the molecule is CCOCCCNC(=O)Nc1ccc(OC)c(F)c1. The van der Waals surface area contributed by atoms with Crippen molar-refractivity contribution >= 4 is 11.7 Å². The first-order chi connectivity index (χ1) is 9.17. The molecule has 0 unspecified atom stereocenters. The van der Waals surface area contributed by atoms with Gasteiger partial charge >= 0.3 is 6.03 Å². The molecule has 0 saturated carbocycles. The highest BCUT2D eigenvalue weighted by molar-refractivity contribution is 5.89. The number of benzene rings is 1. The lowest BCUT2D eigenvalue weighted by Gasteiger charge is -2.09. The molecule has 19 heavy (non-hydrogen) atoms. The van der Waals surface area contributed by atoms with E-state index >= 15 is 0 Å². The van der Waals surface area contributed by atoms with Crippen molar-refractivity contribution in [2.24, 2.45) is 0 Å². The van der Waals surface area contributed by atoms with Gasteiger partial charge in [-0.15, -0.1) is 0 Å². The first kappa shape index (κ1) is 15.2. The van der Waals surface area contributed by atoms with Crippen LogP contribution in [-0.2, 0) is 4.74 Å². The lowest BCUT2D eigenvalue weighted by molar-refractivity contribution is 0.145. The van der Waals surface area contributed by atoms with Crippen LogP contribution in [0.4, 0.5) is 14.9 Å². The molecule has 0 aliphatic heterocycles. The topological polar surface area (TPSA) is 59.6 Å². The Morgan fingerprint density at radius 1 is 1.42 bits per heavy atom. The zero-order chi connectivity index (χ0) is 14.1. The Kier molecular flexibility index (Phi) is 6.67. The Hall–Kier alpha value is -1.82. The molecule has 5 nitrogen and oxygen atoms in total. The van der Waals surface area contributed by atoms with E-state index in [9.17, 15) is 9.18 Å². The molecule has 106 valence electrons. The van der Waals surface area contributed by atoms with E-state index in [0.29, 0.717) is 25.4 Å². The summed E-state index contributed by atoms with van der Waals surface area (Å²) >= 11 is 0. The Labute approximate surface area is 112 Å². The molecule has 2 amide bonds. The third-order valence-electron chi connectivity index (χ3n) is 2.36. The molecule has 0 radical (unpaired) electrons. The van der Waals surface area contributed by atoms with Gasteiger partial charge in [-0.3, -0.25) is 0 Å². The number of hydrogen-bond acceptors (Lipinski definition) is 3. The largest absolute Gasteiger partial charge is 0.494 e. The van der Waals surface area contributed by atoms with Gasteiger partial charge in [0.15, 0.2) is 11.6 Å². The fraction of sp³-hybridized carbons (Fsp3) is 0.462. The third-order valence-corrected chi connectivity index (χ3v) is 2.36. The van der Waals surface area contributed by atoms with Crippen molar-refractivity contribution in [1.82, 2.24) is 5.32 Å². The van der Waals surface area contributed by atoms with E-state index in [2.05, 4.69) is 10.6 Å². The molecular formula is C13H19FN2O3. The summed E-state index contributed by atoms with van der Waals surface area (Å²) in [7, 11) is 1.39. The summed E-state index contributed by atoms with van der Waals surface area (Å²) in [6, 6.07) is 3.86. The van der Waals surface area contributed by atoms with Crippen LogP contribution in [0.2, 0.25) is 0 Å². The van der Waals surface area contributed by atoms with Gasteiger partial charge in [0.05, 0.1) is 7.11 Å². The maximum Gasteiger partial charge on any atom is 0.319 e. The van der Waals surface area contributed by atoms with Crippen molar-refractivity contribution in [2.75, 3.05) is 32.2 Å². The zero-order valence-electron chi connectivity index (χ0n) is 11.2. The molecule has 0 aromatic heterocycles. The number of methoxy groups -OCH3 is 1. The van der Waals surface area contributed by atoms with E-state index in [4.69, 9.17) is 9.47 Å². The summed E-state index contributed by atoms with van der Waals surface area (Å²) in [6.07, 6.45) is 0.734. The van der Waals surface area contributed by atoms with Crippen LogP contribution in [0.25, 0.3) is 0 Å². The quantitative estimate of drug-likeness (QED) is 0.748. The van der Waals surface area contributed by atoms with Gasteiger partial charge in [-0.25, -0.2) is 9.18 Å². The maximum atomic E-state index is 13.4. The molecule has 0 aliphatic carbocycles. The first-order valence-corrected chi connectivity index (χ1v) is 6.13. The Balaban J connectivity index is 2.34. The van der Waals surface area contributed by atoms with E-state index in [0.717, 1.165) is 6.42 Å². The summed E-state index contributed by atoms with van der Waals surface area (Å²) in [5, 5.41) is 5.19. The second kappa shape index (κ2) is 8.31. The van der Waals surface area contributed by atoms with Gasteiger partial charge in [-0.1, -0.05) is 0 Å². The highest BCUT2D eigenvalue weighted by Gasteiger charge is 2.05. The number of nitrogens with one attached hydrogen (secondary N) is 2. The number of halogens is 1. The van der Waals surface area contributed by atoms with Crippen molar-refractivity contribution in [2.45, 2.75) is 13.3 Å². The van der Waals surface area contributed by atoms with Crippen LogP contribution in [0.1, 0.15) is 13.3 Å². The van der Waals surface area contributed by atoms with E-state index < -0.39 is 5.82 Å². The van der Waals surface area contributed by atoms with E-state index in [1.54, 1.807) is 6.07 Å². The van der Waals surface area contributed by atoms with E-state index in [1.165, 1.54) is 19.2 Å². The number of anilines is 1. The molecule has 2 N–H and O–H groups in total. The molecular weight excluding hydrogens is 251 g/mol. The molecule has 1 aromatic rings. The number of urea groups is 1. The summed E-state index contributed by atoms with van der Waals surface area (Å²) < 4.78 is 23.3. The monoisotopic (exact) mass is 270 g/mol. The average Bonchev–Trinajstić information content (AvgIpc) is 2.39. The van der Waals surface area contributed by atoms with Crippen molar-refractivity contribution in [3.63, 3.8) is 0 Å². The van der Waals surface area contributed by atoms with Gasteiger partial charge in [0.25, 0.3) is 0 Å². The summed E-state index contributed by atoms with van der Waals surface area (Å²) in [5.74, 6) is -0.376. The van der Waals surface area contributed by atoms with Crippen molar-refractivity contribution in [3.05, 3.63) is 24.0 Å². The Bertz CT molecular complexity index is 413. The molecule has 0 fully saturated rings. The lowest BCUT2D eigenvalue weighted by Crippen LogP contribution is -2.30. The van der Waals surface area contributed by atoms with Gasteiger partial charge in [0.2, 0.25) is 0 Å². The maximum absolute atomic E-state index is 13.4. The number of amides is 2. The van der Waals surface area contributed by atoms with Gasteiger partial charge in [0.1, 0.15) is 0 Å². The molecule has 0 saturated heterocycles. The van der Waals surface area contributed by atoms with Crippen molar-refractivity contribution < 1.29 is 18.7 Å². The van der Waals surface area contributed by atoms with E-state index in [-0.39, 0.29) is 11.8 Å². The van der Waals surface area contributed by atoms with Gasteiger partial charge in [-0.05, 0) is 25.5 Å². The minimum atomic E-state index is -0.517. The summed E-state index contributed by atoms with van der Waals surface area (Å²) in [6.45, 7) is 3.69. The van der Waals surface area contributed by atoms with Crippen LogP contribution in [0.3, 0.4) is 0 Å². The van der Waals surface area contributed by atoms with Crippen LogP contribution < -0.4 is 15.4 Å². The predicted molar refractivity (Wildman–Crippen MR) is 71.1 cm³/mol. The molecule has 0 bridgehead atoms. The molecule has 0 heterocycles. The number of rotatable bonds is 7. The molecule has 1 aromatic carbocycles. The average molecular weight is 270 g/mol. The molecule has 0 atom stereocenters. The van der Waals surface area contributed by atoms with Crippen LogP contribution in [0.15, 0.2) is 18.2 Å². The van der Waals surface area contributed by atoms with Gasteiger partial charge in [0, 0.05) is 31.5 Å². The van der Waals surface area contributed by atoms with E-state index in [1.807, 2.05) is 6.92 Å². The predicted octanol–water partition coefficient (Wildman–Crippen LogP) is 2.38. The molecule has 0 aliphatic rings. The highest BCUT2D eigenvalue weighted by atomic mass is 19.1. The molecule has 6 heteroatoms. The summed E-state index contributed by atoms with van der Waals surface area (Å²) in [4.78, 5) is 11.5. The number of hydrogen-bond donors (Lipinski definition) is 2. The fourth-order valence-electron chi connectivity index (χ4n) is 1.44. The van der Waals surface area contributed by atoms with Gasteiger partial charge in [-0.2, -0.15) is 0 Å². The fourth-order valence-corrected chi connectivity index (χ4v) is 1.44.